The molecule has 2 aromatic carbocycles. The normalized spacial score (nSPS) is 14.2. The van der Waals surface area contributed by atoms with Crippen LogP contribution in [0.5, 0.6) is 0 Å². The predicted octanol–water partition coefficient (Wildman–Crippen LogP) is 3.12. The van der Waals surface area contributed by atoms with Gasteiger partial charge in [0.15, 0.2) is 0 Å². The number of halogens is 1. The lowest BCUT2D eigenvalue weighted by Crippen LogP contribution is -2.31. The lowest BCUT2D eigenvalue weighted by Gasteiger charge is -2.15. The quantitative estimate of drug-likeness (QED) is 0.790. The third kappa shape index (κ3) is 3.32. The summed E-state index contributed by atoms with van der Waals surface area (Å²) in [6.45, 7) is 1.86. The molecule has 3 rings (SSSR count). The summed E-state index contributed by atoms with van der Waals surface area (Å²) in [5, 5.41) is 11.7. The molecule has 0 saturated carbocycles. The van der Waals surface area contributed by atoms with Gasteiger partial charge in [-0.15, -0.1) is 0 Å². The Hall–Kier alpha value is -3.12. The fourth-order valence-corrected chi connectivity index (χ4v) is 2.82. The summed E-state index contributed by atoms with van der Waals surface area (Å²) >= 11 is 6.08. The van der Waals surface area contributed by atoms with E-state index in [1.807, 2.05) is 18.2 Å². The predicted molar refractivity (Wildman–Crippen MR) is 96.6 cm³/mol. The van der Waals surface area contributed by atoms with E-state index in [0.29, 0.717) is 11.3 Å². The number of nitrogens with zero attached hydrogens (tertiary/aromatic N) is 1. The summed E-state index contributed by atoms with van der Waals surface area (Å²) in [5.74, 6) is -2.23. The van der Waals surface area contributed by atoms with Crippen LogP contribution in [-0.2, 0) is 16.1 Å². The SMILES string of the molecule is Cc1ccc(C(=O)O)cc1NC1=C(Cl)C(=O)N(Cc2ccccc2)C1=O. The van der Waals surface area contributed by atoms with E-state index >= 15 is 0 Å². The molecule has 1 aliphatic heterocycles. The van der Waals surface area contributed by atoms with Crippen LogP contribution in [0.3, 0.4) is 0 Å². The highest BCUT2D eigenvalue weighted by Gasteiger charge is 2.37. The third-order valence-electron chi connectivity index (χ3n) is 4.04. The van der Waals surface area contributed by atoms with E-state index in [1.54, 1.807) is 25.1 Å². The van der Waals surface area contributed by atoms with Gasteiger partial charge >= 0.3 is 5.97 Å². The molecule has 0 spiro atoms. The van der Waals surface area contributed by atoms with Crippen molar-refractivity contribution in [2.24, 2.45) is 0 Å². The number of hydrogen-bond donors (Lipinski definition) is 2. The molecule has 0 radical (unpaired) electrons. The maximum Gasteiger partial charge on any atom is 0.335 e. The third-order valence-corrected chi connectivity index (χ3v) is 4.39. The van der Waals surface area contributed by atoms with Crippen LogP contribution >= 0.6 is 11.6 Å². The van der Waals surface area contributed by atoms with Gasteiger partial charge in [0, 0.05) is 5.69 Å². The molecular formula is C19H15ClN2O4. The number of benzene rings is 2. The number of aromatic carboxylic acids is 1. The standard InChI is InChI=1S/C19H15ClN2O4/c1-11-7-8-13(19(25)26)9-14(11)21-16-15(20)17(23)22(18(16)24)10-12-5-3-2-4-6-12/h2-9,21H,10H2,1H3,(H,25,26). The van der Waals surface area contributed by atoms with Gasteiger partial charge in [-0.1, -0.05) is 48.0 Å². The Morgan fingerprint density at radius 3 is 2.46 bits per heavy atom. The number of carboxylic acids is 1. The smallest absolute Gasteiger partial charge is 0.335 e. The number of rotatable bonds is 5. The Kier molecular flexibility index (Phi) is 4.77. The van der Waals surface area contributed by atoms with Crippen molar-refractivity contribution in [3.8, 4) is 0 Å². The van der Waals surface area contributed by atoms with Crippen molar-refractivity contribution in [3.05, 3.63) is 76.0 Å². The van der Waals surface area contributed by atoms with Crippen LogP contribution in [0.4, 0.5) is 5.69 Å². The highest BCUT2D eigenvalue weighted by Crippen LogP contribution is 2.28. The van der Waals surface area contributed by atoms with Crippen molar-refractivity contribution in [3.63, 3.8) is 0 Å². The number of amides is 2. The fraction of sp³-hybridized carbons (Fsp3) is 0.105. The Bertz CT molecular complexity index is 938. The van der Waals surface area contributed by atoms with Crippen LogP contribution in [-0.4, -0.2) is 27.8 Å². The van der Waals surface area contributed by atoms with Crippen molar-refractivity contribution in [1.82, 2.24) is 4.90 Å². The van der Waals surface area contributed by atoms with Gasteiger partial charge in [0.05, 0.1) is 12.1 Å². The first kappa shape index (κ1) is 17.7. The van der Waals surface area contributed by atoms with Crippen molar-refractivity contribution in [1.29, 1.82) is 0 Å². The van der Waals surface area contributed by atoms with Gasteiger partial charge in [0.2, 0.25) is 0 Å². The second-order valence-corrected chi connectivity index (χ2v) is 6.21. The number of imide groups is 1. The molecule has 0 fully saturated rings. The molecular weight excluding hydrogens is 356 g/mol. The first-order chi connectivity index (χ1) is 12.4. The average Bonchev–Trinajstić information content (AvgIpc) is 2.82. The molecule has 2 aromatic rings. The van der Waals surface area contributed by atoms with E-state index in [2.05, 4.69) is 5.32 Å². The Labute approximate surface area is 154 Å². The van der Waals surface area contributed by atoms with E-state index in [0.717, 1.165) is 10.5 Å². The summed E-state index contributed by atoms with van der Waals surface area (Å²) < 4.78 is 0. The summed E-state index contributed by atoms with van der Waals surface area (Å²) in [6, 6.07) is 13.6. The summed E-state index contributed by atoms with van der Waals surface area (Å²) in [6.07, 6.45) is 0. The van der Waals surface area contributed by atoms with E-state index < -0.39 is 17.8 Å². The highest BCUT2D eigenvalue weighted by molar-refractivity contribution is 6.48. The van der Waals surface area contributed by atoms with Crippen LogP contribution in [0.25, 0.3) is 0 Å². The number of carbonyl (C=O) groups excluding carboxylic acids is 2. The molecule has 132 valence electrons. The lowest BCUT2D eigenvalue weighted by molar-refractivity contribution is -0.138. The van der Waals surface area contributed by atoms with Crippen molar-refractivity contribution >= 4 is 35.1 Å². The second-order valence-electron chi connectivity index (χ2n) is 5.83. The zero-order valence-corrected chi connectivity index (χ0v) is 14.6. The lowest BCUT2D eigenvalue weighted by atomic mass is 10.1. The Morgan fingerprint density at radius 2 is 1.81 bits per heavy atom. The van der Waals surface area contributed by atoms with Crippen LogP contribution < -0.4 is 5.32 Å². The molecule has 0 unspecified atom stereocenters. The van der Waals surface area contributed by atoms with E-state index in [4.69, 9.17) is 16.7 Å². The Balaban J connectivity index is 1.87. The molecule has 6 nitrogen and oxygen atoms in total. The molecule has 26 heavy (non-hydrogen) atoms. The molecule has 0 saturated heterocycles. The van der Waals surface area contributed by atoms with Crippen LogP contribution in [0, 0.1) is 6.92 Å². The molecule has 1 aliphatic rings. The summed E-state index contributed by atoms with van der Waals surface area (Å²) in [7, 11) is 0. The fourth-order valence-electron chi connectivity index (χ4n) is 2.59. The molecule has 2 N–H and O–H groups in total. The highest BCUT2D eigenvalue weighted by atomic mass is 35.5. The van der Waals surface area contributed by atoms with Gasteiger partial charge in [0.25, 0.3) is 11.8 Å². The minimum Gasteiger partial charge on any atom is -0.478 e. The van der Waals surface area contributed by atoms with Crippen molar-refractivity contribution < 1.29 is 19.5 Å². The minimum absolute atomic E-state index is 0.0572. The van der Waals surface area contributed by atoms with Gasteiger partial charge in [-0.25, -0.2) is 4.79 Å². The second kappa shape index (κ2) is 7.01. The van der Waals surface area contributed by atoms with E-state index in [9.17, 15) is 14.4 Å². The largest absolute Gasteiger partial charge is 0.478 e. The molecule has 2 amide bonds. The molecule has 1 heterocycles. The monoisotopic (exact) mass is 370 g/mol. The first-order valence-corrected chi connectivity index (χ1v) is 8.17. The number of aryl methyl sites for hydroxylation is 1. The van der Waals surface area contributed by atoms with Gasteiger partial charge in [-0.2, -0.15) is 0 Å². The molecule has 0 aromatic heterocycles. The van der Waals surface area contributed by atoms with Crippen LogP contribution in [0.2, 0.25) is 0 Å². The maximum atomic E-state index is 12.6. The molecule has 0 aliphatic carbocycles. The maximum absolute atomic E-state index is 12.6. The van der Waals surface area contributed by atoms with Gasteiger partial charge in [-0.05, 0) is 30.2 Å². The minimum atomic E-state index is -1.09. The van der Waals surface area contributed by atoms with E-state index in [-0.39, 0.29) is 22.8 Å². The molecule has 0 atom stereocenters. The topological polar surface area (TPSA) is 86.7 Å². The number of carboxylic acid groups (broad SMARTS) is 1. The zero-order valence-electron chi connectivity index (χ0n) is 13.8. The van der Waals surface area contributed by atoms with Gasteiger partial charge in [-0.3, -0.25) is 14.5 Å². The van der Waals surface area contributed by atoms with Crippen LogP contribution in [0.15, 0.2) is 59.3 Å². The number of hydrogen-bond acceptors (Lipinski definition) is 4. The number of anilines is 1. The average molecular weight is 371 g/mol. The number of nitrogens with one attached hydrogen (secondary N) is 1. The van der Waals surface area contributed by atoms with Crippen LogP contribution in [0.1, 0.15) is 21.5 Å². The summed E-state index contributed by atoms with van der Waals surface area (Å²) in [4.78, 5) is 37.2. The van der Waals surface area contributed by atoms with Gasteiger partial charge in [0.1, 0.15) is 10.7 Å². The van der Waals surface area contributed by atoms with Crippen molar-refractivity contribution in [2.75, 3.05) is 5.32 Å². The first-order valence-electron chi connectivity index (χ1n) is 7.79. The molecule has 0 bridgehead atoms. The Morgan fingerprint density at radius 1 is 1.12 bits per heavy atom. The summed E-state index contributed by atoms with van der Waals surface area (Å²) in [5.41, 5.74) is 1.92. The number of carbonyl (C=O) groups is 3. The van der Waals surface area contributed by atoms with Crippen molar-refractivity contribution in [2.45, 2.75) is 13.5 Å². The van der Waals surface area contributed by atoms with E-state index in [1.165, 1.54) is 12.1 Å². The zero-order chi connectivity index (χ0) is 18.8. The molecule has 7 heteroatoms. The van der Waals surface area contributed by atoms with Gasteiger partial charge < -0.3 is 10.4 Å².